The van der Waals surface area contributed by atoms with E-state index in [9.17, 15) is 4.79 Å². The number of primary amides is 1. The number of hydrogen-bond acceptors (Lipinski definition) is 3. The van der Waals surface area contributed by atoms with Crippen LogP contribution in [0.3, 0.4) is 0 Å². The molecule has 1 saturated carbocycles. The van der Waals surface area contributed by atoms with Crippen molar-refractivity contribution in [1.82, 2.24) is 5.32 Å². The third-order valence-corrected chi connectivity index (χ3v) is 5.06. The molecule has 0 aliphatic heterocycles. The van der Waals surface area contributed by atoms with Gasteiger partial charge < -0.3 is 15.8 Å². The summed E-state index contributed by atoms with van der Waals surface area (Å²) in [6, 6.07) is 15.3. The highest BCUT2D eigenvalue weighted by Gasteiger charge is 2.12. The van der Waals surface area contributed by atoms with E-state index in [1.165, 1.54) is 32.1 Å². The topological polar surface area (TPSA) is 64.4 Å². The van der Waals surface area contributed by atoms with E-state index in [1.54, 1.807) is 12.1 Å². The quantitative estimate of drug-likeness (QED) is 0.658. The summed E-state index contributed by atoms with van der Waals surface area (Å²) in [5.41, 5.74) is 7.93. The van der Waals surface area contributed by atoms with Gasteiger partial charge in [0.05, 0.1) is 0 Å². The van der Waals surface area contributed by atoms with E-state index < -0.39 is 5.91 Å². The minimum Gasteiger partial charge on any atom is -0.492 e. The van der Waals surface area contributed by atoms with Crippen molar-refractivity contribution in [3.05, 3.63) is 54.1 Å². The average molecular weight is 389 g/mol. The molecule has 1 aliphatic carbocycles. The molecule has 0 radical (unpaired) electrons. The van der Waals surface area contributed by atoms with Crippen molar-refractivity contribution in [3.63, 3.8) is 0 Å². The number of nitrogens with one attached hydrogen (secondary N) is 1. The largest absolute Gasteiger partial charge is 0.492 e. The Morgan fingerprint density at radius 2 is 1.56 bits per heavy atom. The molecule has 1 amide bonds. The Morgan fingerprint density at radius 3 is 2.15 bits per heavy atom. The van der Waals surface area contributed by atoms with Crippen LogP contribution in [0.4, 0.5) is 0 Å². The molecule has 146 valence electrons. The lowest BCUT2D eigenvalue weighted by Gasteiger charge is -2.21. The second-order valence-corrected chi connectivity index (χ2v) is 7.02. The van der Waals surface area contributed by atoms with Crippen molar-refractivity contribution in [1.29, 1.82) is 0 Å². The third kappa shape index (κ3) is 6.56. The molecule has 0 aromatic heterocycles. The van der Waals surface area contributed by atoms with Gasteiger partial charge in [-0.2, -0.15) is 0 Å². The van der Waals surface area contributed by atoms with Crippen LogP contribution in [0.15, 0.2) is 48.5 Å². The van der Waals surface area contributed by atoms with Crippen molar-refractivity contribution in [2.45, 2.75) is 32.1 Å². The predicted octanol–water partition coefficient (Wildman–Crippen LogP) is 4.42. The maximum atomic E-state index is 11.1. The normalized spacial score (nSPS) is 14.4. The number of nitrogens with two attached hydrogens (primary N) is 1. The molecule has 2 aromatic carbocycles. The van der Waals surface area contributed by atoms with Crippen LogP contribution in [0.25, 0.3) is 11.1 Å². The van der Waals surface area contributed by atoms with Gasteiger partial charge in [-0.15, -0.1) is 12.4 Å². The summed E-state index contributed by atoms with van der Waals surface area (Å²) < 4.78 is 5.81. The summed E-state index contributed by atoms with van der Waals surface area (Å²) in [4.78, 5) is 11.1. The summed E-state index contributed by atoms with van der Waals surface area (Å²) in [7, 11) is 0. The standard InChI is InChI=1S/C22H28N2O2.ClH/c23-22(25)20-8-6-18(7-9-20)19-10-12-21(13-11-19)26-15-14-24-16-17-4-2-1-3-5-17;/h6-13,17,24H,1-5,14-16H2,(H2,23,25);1H. The number of carbonyl (C=O) groups excluding carboxylic acids is 1. The van der Waals surface area contributed by atoms with Crippen LogP contribution in [0.1, 0.15) is 42.5 Å². The number of halogens is 1. The first-order valence-electron chi connectivity index (χ1n) is 9.56. The molecular formula is C22H29ClN2O2. The molecule has 0 unspecified atom stereocenters. The molecule has 0 spiro atoms. The Bertz CT molecular complexity index is 695. The number of hydrogen-bond donors (Lipinski definition) is 2. The van der Waals surface area contributed by atoms with Gasteiger partial charge in [-0.3, -0.25) is 4.79 Å². The maximum absolute atomic E-state index is 11.1. The van der Waals surface area contributed by atoms with Gasteiger partial charge in [-0.1, -0.05) is 43.5 Å². The summed E-state index contributed by atoms with van der Waals surface area (Å²) in [6.07, 6.45) is 6.93. The van der Waals surface area contributed by atoms with Gasteiger partial charge in [0, 0.05) is 12.1 Å². The van der Waals surface area contributed by atoms with Crippen LogP contribution >= 0.6 is 12.4 Å². The van der Waals surface area contributed by atoms with Gasteiger partial charge in [-0.25, -0.2) is 0 Å². The summed E-state index contributed by atoms with van der Waals surface area (Å²) in [6.45, 7) is 2.68. The lowest BCUT2D eigenvalue weighted by molar-refractivity contribution is 0.100. The van der Waals surface area contributed by atoms with Crippen molar-refractivity contribution in [2.75, 3.05) is 19.7 Å². The van der Waals surface area contributed by atoms with Gasteiger partial charge in [0.15, 0.2) is 0 Å². The molecule has 0 bridgehead atoms. The first-order chi connectivity index (χ1) is 12.7. The predicted molar refractivity (Wildman–Crippen MR) is 113 cm³/mol. The SMILES string of the molecule is Cl.NC(=O)c1ccc(-c2ccc(OCCNCC3CCCCC3)cc2)cc1. The van der Waals surface area contributed by atoms with Crippen LogP contribution in [0.5, 0.6) is 5.75 Å². The molecule has 27 heavy (non-hydrogen) atoms. The molecule has 0 atom stereocenters. The Labute approximate surface area is 167 Å². The van der Waals surface area contributed by atoms with E-state index in [-0.39, 0.29) is 12.4 Å². The van der Waals surface area contributed by atoms with E-state index in [0.29, 0.717) is 12.2 Å². The molecule has 5 heteroatoms. The fourth-order valence-corrected chi connectivity index (χ4v) is 3.51. The van der Waals surface area contributed by atoms with Crippen LogP contribution in [-0.2, 0) is 0 Å². The van der Waals surface area contributed by atoms with Crippen LogP contribution in [0.2, 0.25) is 0 Å². The minimum atomic E-state index is -0.405. The molecule has 0 saturated heterocycles. The number of benzene rings is 2. The van der Waals surface area contributed by atoms with Crippen molar-refractivity contribution >= 4 is 18.3 Å². The number of carbonyl (C=O) groups is 1. The first-order valence-corrected chi connectivity index (χ1v) is 9.56. The Morgan fingerprint density at radius 1 is 0.963 bits per heavy atom. The first kappa shape index (κ1) is 21.3. The Hall–Kier alpha value is -2.04. The zero-order chi connectivity index (χ0) is 18.2. The Kier molecular flexibility index (Phi) is 8.62. The summed E-state index contributed by atoms with van der Waals surface area (Å²) in [5, 5.41) is 3.51. The van der Waals surface area contributed by atoms with Crippen LogP contribution in [0, 0.1) is 5.92 Å². The highest BCUT2D eigenvalue weighted by atomic mass is 35.5. The van der Waals surface area contributed by atoms with Crippen LogP contribution in [-0.4, -0.2) is 25.6 Å². The number of amides is 1. The lowest BCUT2D eigenvalue weighted by atomic mass is 9.89. The van der Waals surface area contributed by atoms with E-state index in [1.807, 2.05) is 36.4 Å². The highest BCUT2D eigenvalue weighted by molar-refractivity contribution is 5.93. The Balaban J connectivity index is 0.00000261. The smallest absolute Gasteiger partial charge is 0.248 e. The third-order valence-electron chi connectivity index (χ3n) is 5.06. The van der Waals surface area contributed by atoms with Crippen LogP contribution < -0.4 is 15.8 Å². The summed E-state index contributed by atoms with van der Waals surface area (Å²) in [5.74, 6) is 1.32. The van der Waals surface area contributed by atoms with Crippen molar-refractivity contribution in [2.24, 2.45) is 11.7 Å². The van der Waals surface area contributed by atoms with Gasteiger partial charge in [-0.05, 0) is 60.7 Å². The van der Waals surface area contributed by atoms with Crippen molar-refractivity contribution < 1.29 is 9.53 Å². The highest BCUT2D eigenvalue weighted by Crippen LogP contribution is 2.23. The van der Waals surface area contributed by atoms with Gasteiger partial charge >= 0.3 is 0 Å². The zero-order valence-electron chi connectivity index (χ0n) is 15.7. The van der Waals surface area contributed by atoms with E-state index in [2.05, 4.69) is 5.32 Å². The molecule has 3 rings (SSSR count). The number of rotatable bonds is 8. The van der Waals surface area contributed by atoms with Gasteiger partial charge in [0.1, 0.15) is 12.4 Å². The maximum Gasteiger partial charge on any atom is 0.248 e. The molecular weight excluding hydrogens is 360 g/mol. The molecule has 4 nitrogen and oxygen atoms in total. The lowest BCUT2D eigenvalue weighted by Crippen LogP contribution is -2.28. The molecule has 1 fully saturated rings. The average Bonchev–Trinajstić information content (AvgIpc) is 2.69. The molecule has 3 N–H and O–H groups in total. The zero-order valence-corrected chi connectivity index (χ0v) is 16.5. The second-order valence-electron chi connectivity index (χ2n) is 7.02. The molecule has 1 aliphatic rings. The van der Waals surface area contributed by atoms with Gasteiger partial charge in [0.2, 0.25) is 5.91 Å². The van der Waals surface area contributed by atoms with E-state index >= 15 is 0 Å². The fraction of sp³-hybridized carbons (Fsp3) is 0.409. The van der Waals surface area contributed by atoms with E-state index in [0.717, 1.165) is 35.9 Å². The minimum absolute atomic E-state index is 0. The van der Waals surface area contributed by atoms with E-state index in [4.69, 9.17) is 10.5 Å². The summed E-state index contributed by atoms with van der Waals surface area (Å²) >= 11 is 0. The molecule has 2 aromatic rings. The fourth-order valence-electron chi connectivity index (χ4n) is 3.51. The molecule has 0 heterocycles. The number of ether oxygens (including phenoxy) is 1. The second kappa shape index (κ2) is 11.0. The van der Waals surface area contributed by atoms with Gasteiger partial charge in [0.25, 0.3) is 0 Å². The monoisotopic (exact) mass is 388 g/mol. The van der Waals surface area contributed by atoms with Crippen molar-refractivity contribution in [3.8, 4) is 16.9 Å².